The van der Waals surface area contributed by atoms with Gasteiger partial charge in [0.2, 0.25) is 21.8 Å². The number of rotatable bonds is 23. The number of thiazole rings is 1. The van der Waals surface area contributed by atoms with Crippen molar-refractivity contribution in [2.75, 3.05) is 39.0 Å². The van der Waals surface area contributed by atoms with E-state index < -0.39 is 57.8 Å². The van der Waals surface area contributed by atoms with Crippen molar-refractivity contribution in [3.05, 3.63) is 52.5 Å². The quantitative estimate of drug-likeness (QED) is 0.0996. The average Bonchev–Trinajstić information content (AvgIpc) is 3.64. The molecule has 0 radical (unpaired) electrons. The summed E-state index contributed by atoms with van der Waals surface area (Å²) < 4.78 is 28.6. The number of carbonyl (C=O) groups is 2. The van der Waals surface area contributed by atoms with Gasteiger partial charge in [-0.1, -0.05) is 76.3 Å². The van der Waals surface area contributed by atoms with E-state index in [1.54, 1.807) is 10.9 Å². The Hall–Kier alpha value is -2.86. The Morgan fingerprint density at radius 3 is 2.37 bits per heavy atom. The molecular weight excluding hydrogens is 687 g/mol. The Morgan fingerprint density at radius 1 is 1.04 bits per heavy atom. The van der Waals surface area contributed by atoms with Crippen molar-refractivity contribution in [1.29, 1.82) is 0 Å². The molecule has 0 saturated heterocycles. The van der Waals surface area contributed by atoms with Crippen molar-refractivity contribution in [3.8, 4) is 12.3 Å². The van der Waals surface area contributed by atoms with E-state index in [0.717, 1.165) is 50.8 Å². The molecule has 1 heterocycles. The summed E-state index contributed by atoms with van der Waals surface area (Å²) in [7, 11) is -2.31. The van der Waals surface area contributed by atoms with E-state index in [1.165, 1.54) is 22.7 Å². The van der Waals surface area contributed by atoms with E-state index in [2.05, 4.69) is 26.4 Å². The number of carbonyl (C=O) groups excluding carboxylic acids is 2. The Kier molecular flexibility index (Phi) is 18.6. The zero-order valence-corrected chi connectivity index (χ0v) is 32.2. The monoisotopic (exact) mass is 745 g/mol. The first-order valence-electron chi connectivity index (χ1n) is 18.4. The van der Waals surface area contributed by atoms with Crippen molar-refractivity contribution in [3.63, 3.8) is 0 Å². The third-order valence-electron chi connectivity index (χ3n) is 10.0. The maximum absolute atomic E-state index is 14.1. The van der Waals surface area contributed by atoms with Gasteiger partial charge in [0.1, 0.15) is 6.04 Å². The van der Waals surface area contributed by atoms with Crippen molar-refractivity contribution >= 4 is 33.2 Å². The number of hydrogen-bond acceptors (Lipinski definition) is 9. The lowest BCUT2D eigenvalue weighted by Crippen LogP contribution is -2.56. The van der Waals surface area contributed by atoms with Crippen molar-refractivity contribution in [2.24, 2.45) is 11.8 Å². The van der Waals surface area contributed by atoms with E-state index >= 15 is 0 Å². The number of aliphatic hydroxyl groups is 2. The zero-order chi connectivity index (χ0) is 37.2. The van der Waals surface area contributed by atoms with Crippen LogP contribution in [-0.4, -0.2) is 108 Å². The average molecular weight is 746 g/mol. The molecule has 1 saturated carbocycles. The van der Waals surface area contributed by atoms with Crippen molar-refractivity contribution in [1.82, 2.24) is 24.8 Å². The number of unbranched alkanes of at least 4 members (excludes halogenated alkanes) is 1. The number of sulfonamides is 1. The molecule has 1 aliphatic rings. The maximum atomic E-state index is 14.1. The highest BCUT2D eigenvalue weighted by atomic mass is 32.2. The third-order valence-corrected chi connectivity index (χ3v) is 12.6. The van der Waals surface area contributed by atoms with Crippen LogP contribution in [0, 0.1) is 24.2 Å². The molecule has 51 heavy (non-hydrogen) atoms. The number of likely N-dealkylation sites (N-methyl/N-ethyl adjacent to an activating group) is 2. The zero-order valence-electron chi connectivity index (χ0n) is 30.6. The molecule has 1 aromatic carbocycles. The predicted octanol–water partition coefficient (Wildman–Crippen LogP) is 3.61. The lowest BCUT2D eigenvalue weighted by molar-refractivity contribution is -0.132. The fourth-order valence-corrected chi connectivity index (χ4v) is 8.68. The molecule has 0 spiro atoms. The standard InChI is InChI=1S/C38H59N5O6S2/c1-5-8-11-20-35(44)36(45)33(24-30-18-14-10-15-19-30)40-38(47)34(25-32-26-50-28-39-32)41-37(46)31(23-29-16-12-9-13-17-29)27-51(48,49)42(4)21-22-43(6-2)7-3/h1,9,12-13,16-17,26,28,30-31,33-36,44-45H,6-8,10-11,14-15,18-25,27H2,2-4H3,(H,40,47)(H,41,46)/t31?,33?,34-,35-,36+/m0/s1. The SMILES string of the molecule is C#CCCC[C@H](O)[C@H](O)C(CC1CCCCC1)NC(=O)[C@H](Cc1cscn1)NC(=O)C(Cc1ccccc1)CS(=O)(=O)N(C)CCN(CC)CC. The molecule has 3 rings (SSSR count). The van der Waals surface area contributed by atoms with Crippen molar-refractivity contribution < 1.29 is 28.2 Å². The van der Waals surface area contributed by atoms with Crippen LogP contribution in [0.15, 0.2) is 41.2 Å². The van der Waals surface area contributed by atoms with Gasteiger partial charge in [-0.15, -0.1) is 23.7 Å². The Labute approximate surface area is 309 Å². The van der Waals surface area contributed by atoms with Gasteiger partial charge in [-0.25, -0.2) is 17.7 Å². The number of benzene rings is 1. The van der Waals surface area contributed by atoms with Crippen LogP contribution in [0.1, 0.15) is 82.9 Å². The molecule has 5 atom stereocenters. The second kappa shape index (κ2) is 22.3. The van der Waals surface area contributed by atoms with Crippen LogP contribution in [-0.2, 0) is 32.5 Å². The van der Waals surface area contributed by atoms with Gasteiger partial charge >= 0.3 is 0 Å². The summed E-state index contributed by atoms with van der Waals surface area (Å²) in [6, 6.07) is 7.38. The van der Waals surface area contributed by atoms with E-state index in [0.29, 0.717) is 37.9 Å². The Morgan fingerprint density at radius 2 is 1.75 bits per heavy atom. The number of aliphatic hydroxyl groups excluding tert-OH is 2. The van der Waals surface area contributed by atoms with Crippen LogP contribution < -0.4 is 10.6 Å². The first-order chi connectivity index (χ1) is 24.5. The summed E-state index contributed by atoms with van der Waals surface area (Å²) in [5.74, 6) is 0.332. The van der Waals surface area contributed by atoms with Gasteiger partial charge in [-0.2, -0.15) is 0 Å². The molecule has 284 valence electrons. The lowest BCUT2D eigenvalue weighted by Gasteiger charge is -2.33. The summed E-state index contributed by atoms with van der Waals surface area (Å²) in [6.07, 6.45) is 10.4. The second-order valence-electron chi connectivity index (χ2n) is 13.8. The highest BCUT2D eigenvalue weighted by Crippen LogP contribution is 2.29. The van der Waals surface area contributed by atoms with Crippen LogP contribution in [0.2, 0.25) is 0 Å². The Bertz CT molecular complexity index is 1440. The molecular formula is C38H59N5O6S2. The first kappa shape index (κ1) is 42.6. The predicted molar refractivity (Wildman–Crippen MR) is 203 cm³/mol. The van der Waals surface area contributed by atoms with Gasteiger partial charge in [0, 0.05) is 38.4 Å². The van der Waals surface area contributed by atoms with Gasteiger partial charge in [0.25, 0.3) is 0 Å². The van der Waals surface area contributed by atoms with Crippen LogP contribution in [0.4, 0.5) is 0 Å². The minimum Gasteiger partial charge on any atom is -0.390 e. The summed E-state index contributed by atoms with van der Waals surface area (Å²) in [6.45, 7) is 6.51. The molecule has 2 unspecified atom stereocenters. The van der Waals surface area contributed by atoms with Gasteiger partial charge in [0.05, 0.1) is 41.1 Å². The molecule has 4 N–H and O–H groups in total. The van der Waals surface area contributed by atoms with Gasteiger partial charge < -0.3 is 25.7 Å². The van der Waals surface area contributed by atoms with E-state index in [-0.39, 0.29) is 25.3 Å². The second-order valence-corrected chi connectivity index (χ2v) is 16.6. The fraction of sp³-hybridized carbons (Fsp3) is 0.658. The normalized spacial score (nSPS) is 17.0. The van der Waals surface area contributed by atoms with E-state index in [1.807, 2.05) is 44.2 Å². The number of nitrogens with zero attached hydrogens (tertiary/aromatic N) is 3. The minimum absolute atomic E-state index is 0.0760. The van der Waals surface area contributed by atoms with Crippen LogP contribution >= 0.6 is 11.3 Å². The molecule has 2 amide bonds. The van der Waals surface area contributed by atoms with Crippen LogP contribution in [0.5, 0.6) is 0 Å². The van der Waals surface area contributed by atoms with Gasteiger partial charge in [-0.05, 0) is 50.3 Å². The summed E-state index contributed by atoms with van der Waals surface area (Å²) >= 11 is 1.37. The van der Waals surface area contributed by atoms with Crippen molar-refractivity contribution in [2.45, 2.75) is 109 Å². The number of nitrogens with one attached hydrogen (secondary N) is 2. The molecule has 0 bridgehead atoms. The fourth-order valence-electron chi connectivity index (χ4n) is 6.72. The van der Waals surface area contributed by atoms with Gasteiger partial charge in [-0.3, -0.25) is 9.59 Å². The number of amides is 2. The summed E-state index contributed by atoms with van der Waals surface area (Å²) in [4.78, 5) is 34.7. The Balaban J connectivity index is 1.85. The number of aromatic nitrogens is 1. The topological polar surface area (TPSA) is 152 Å². The molecule has 13 heteroatoms. The molecule has 0 aliphatic heterocycles. The molecule has 1 aliphatic carbocycles. The van der Waals surface area contributed by atoms with E-state index in [4.69, 9.17) is 6.42 Å². The highest BCUT2D eigenvalue weighted by molar-refractivity contribution is 7.89. The van der Waals surface area contributed by atoms with E-state index in [9.17, 15) is 28.2 Å². The highest BCUT2D eigenvalue weighted by Gasteiger charge is 2.35. The molecule has 2 aromatic rings. The molecule has 1 fully saturated rings. The van der Waals surface area contributed by atoms with Crippen LogP contribution in [0.3, 0.4) is 0 Å². The summed E-state index contributed by atoms with van der Waals surface area (Å²) in [5.41, 5.74) is 3.05. The lowest BCUT2D eigenvalue weighted by atomic mass is 9.82. The first-order valence-corrected chi connectivity index (χ1v) is 21.0. The maximum Gasteiger partial charge on any atom is 0.243 e. The van der Waals surface area contributed by atoms with Crippen LogP contribution in [0.25, 0.3) is 0 Å². The number of hydrogen-bond donors (Lipinski definition) is 4. The largest absolute Gasteiger partial charge is 0.390 e. The van der Waals surface area contributed by atoms with Gasteiger partial charge in [0.15, 0.2) is 0 Å². The smallest absolute Gasteiger partial charge is 0.243 e. The molecule has 11 nitrogen and oxygen atoms in total. The summed E-state index contributed by atoms with van der Waals surface area (Å²) in [5, 5.41) is 29.9. The minimum atomic E-state index is -3.85. The third kappa shape index (κ3) is 14.6. The molecule has 1 aromatic heterocycles. The number of terminal acetylenes is 1.